The average molecular weight is 413 g/mol. The monoisotopic (exact) mass is 412 g/mol. The van der Waals surface area contributed by atoms with Gasteiger partial charge in [-0.15, -0.1) is 10.2 Å². The fraction of sp³-hybridized carbons (Fsp3) is 0.286. The molecule has 0 unspecified atom stereocenters. The van der Waals surface area contributed by atoms with E-state index in [1.54, 1.807) is 0 Å². The molecular weight excluding hydrogens is 392 g/mol. The second kappa shape index (κ2) is 8.80. The third kappa shape index (κ3) is 4.23. The first-order valence-electron chi connectivity index (χ1n) is 9.40. The Morgan fingerprint density at radius 1 is 0.964 bits per heavy atom. The molecule has 0 atom stereocenters. The Hall–Kier alpha value is -2.31. The summed E-state index contributed by atoms with van der Waals surface area (Å²) in [5.41, 5.74) is 1.89. The molecule has 0 bridgehead atoms. The third-order valence-electron chi connectivity index (χ3n) is 4.78. The van der Waals surface area contributed by atoms with Gasteiger partial charge in [-0.05, 0) is 43.5 Å². The molecule has 1 saturated heterocycles. The first-order chi connectivity index (χ1) is 13.7. The molecule has 2 heterocycles. The van der Waals surface area contributed by atoms with Crippen molar-refractivity contribution in [2.24, 2.45) is 0 Å². The second-order valence-corrected chi connectivity index (χ2v) is 8.09. The highest BCUT2D eigenvalue weighted by molar-refractivity contribution is 7.99. The van der Waals surface area contributed by atoms with Gasteiger partial charge < -0.3 is 4.90 Å². The SMILES string of the molecule is O=C(CSc1nnc(-c2ccccc2)n1-c1ccc(Cl)cc1)N1CCCCC1. The molecular formula is C21H21ClN4OS. The lowest BCUT2D eigenvalue weighted by atomic mass is 10.1. The van der Waals surface area contributed by atoms with Crippen molar-refractivity contribution in [2.75, 3.05) is 18.8 Å². The van der Waals surface area contributed by atoms with Gasteiger partial charge >= 0.3 is 0 Å². The zero-order valence-corrected chi connectivity index (χ0v) is 17.0. The lowest BCUT2D eigenvalue weighted by molar-refractivity contribution is -0.129. The number of nitrogens with zero attached hydrogens (tertiary/aromatic N) is 4. The minimum absolute atomic E-state index is 0.164. The molecule has 0 N–H and O–H groups in total. The molecule has 0 radical (unpaired) electrons. The fourth-order valence-corrected chi connectivity index (χ4v) is 4.30. The molecule has 0 saturated carbocycles. The average Bonchev–Trinajstić information content (AvgIpc) is 3.18. The van der Waals surface area contributed by atoms with Crippen LogP contribution in [0.1, 0.15) is 19.3 Å². The molecule has 1 fully saturated rings. The Kier molecular flexibility index (Phi) is 5.98. The predicted molar refractivity (Wildman–Crippen MR) is 113 cm³/mol. The Labute approximate surface area is 173 Å². The Morgan fingerprint density at radius 3 is 2.39 bits per heavy atom. The summed E-state index contributed by atoms with van der Waals surface area (Å²) in [6.45, 7) is 1.72. The Bertz CT molecular complexity index is 937. The number of rotatable bonds is 5. The van der Waals surface area contributed by atoms with E-state index < -0.39 is 0 Å². The van der Waals surface area contributed by atoms with Crippen LogP contribution >= 0.6 is 23.4 Å². The van der Waals surface area contributed by atoms with Crippen LogP contribution in [0.2, 0.25) is 5.02 Å². The van der Waals surface area contributed by atoms with E-state index in [1.807, 2.05) is 64.1 Å². The molecule has 1 aromatic heterocycles. The summed E-state index contributed by atoms with van der Waals surface area (Å²) in [4.78, 5) is 14.5. The number of piperidine rings is 1. The third-order valence-corrected chi connectivity index (χ3v) is 5.95. The van der Waals surface area contributed by atoms with Crippen molar-refractivity contribution in [1.29, 1.82) is 0 Å². The highest BCUT2D eigenvalue weighted by Gasteiger charge is 2.20. The van der Waals surface area contributed by atoms with Gasteiger partial charge in [-0.25, -0.2) is 0 Å². The van der Waals surface area contributed by atoms with Crippen LogP contribution in [0.25, 0.3) is 17.1 Å². The van der Waals surface area contributed by atoms with Crippen LogP contribution in [-0.4, -0.2) is 44.4 Å². The van der Waals surface area contributed by atoms with E-state index in [0.717, 1.165) is 43.0 Å². The van der Waals surface area contributed by atoms with Crippen molar-refractivity contribution >= 4 is 29.3 Å². The minimum atomic E-state index is 0.164. The van der Waals surface area contributed by atoms with Crippen LogP contribution in [-0.2, 0) is 4.79 Å². The van der Waals surface area contributed by atoms with Gasteiger partial charge in [-0.3, -0.25) is 9.36 Å². The standard InChI is InChI=1S/C21H21ClN4OS/c22-17-9-11-18(12-10-17)26-20(16-7-3-1-4-8-16)23-24-21(26)28-15-19(27)25-13-5-2-6-14-25/h1,3-4,7-12H,2,5-6,13-15H2. The first kappa shape index (κ1) is 19.0. The summed E-state index contributed by atoms with van der Waals surface area (Å²) in [5, 5.41) is 10.2. The Balaban J connectivity index is 1.62. The minimum Gasteiger partial charge on any atom is -0.342 e. The molecule has 144 valence electrons. The number of carbonyl (C=O) groups excluding carboxylic acids is 1. The van der Waals surface area contributed by atoms with E-state index in [4.69, 9.17) is 11.6 Å². The van der Waals surface area contributed by atoms with Crippen molar-refractivity contribution in [2.45, 2.75) is 24.4 Å². The van der Waals surface area contributed by atoms with Crippen LogP contribution in [0.3, 0.4) is 0 Å². The van der Waals surface area contributed by atoms with Gasteiger partial charge in [0.2, 0.25) is 5.91 Å². The van der Waals surface area contributed by atoms with Crippen LogP contribution in [0.5, 0.6) is 0 Å². The summed E-state index contributed by atoms with van der Waals surface area (Å²) in [6.07, 6.45) is 3.40. The van der Waals surface area contributed by atoms with Gasteiger partial charge in [0.05, 0.1) is 5.75 Å². The lowest BCUT2D eigenvalue weighted by Crippen LogP contribution is -2.36. The van der Waals surface area contributed by atoms with Crippen LogP contribution in [0.15, 0.2) is 59.8 Å². The number of benzene rings is 2. The number of carbonyl (C=O) groups is 1. The van der Waals surface area contributed by atoms with Crippen molar-refractivity contribution in [3.05, 3.63) is 59.6 Å². The molecule has 0 aliphatic carbocycles. The molecule has 5 nitrogen and oxygen atoms in total. The molecule has 2 aromatic carbocycles. The maximum Gasteiger partial charge on any atom is 0.233 e. The highest BCUT2D eigenvalue weighted by atomic mass is 35.5. The van der Waals surface area contributed by atoms with Gasteiger partial charge in [-0.2, -0.15) is 0 Å². The number of hydrogen-bond donors (Lipinski definition) is 0. The molecule has 28 heavy (non-hydrogen) atoms. The Morgan fingerprint density at radius 2 is 1.68 bits per heavy atom. The summed E-state index contributed by atoms with van der Waals surface area (Å²) in [5.74, 6) is 1.27. The maximum atomic E-state index is 12.6. The molecule has 3 aromatic rings. The van der Waals surface area contributed by atoms with Crippen molar-refractivity contribution in [3.63, 3.8) is 0 Å². The topological polar surface area (TPSA) is 51.0 Å². The molecule has 0 spiro atoms. The number of amides is 1. The molecule has 1 amide bonds. The van der Waals surface area contributed by atoms with Crippen molar-refractivity contribution < 1.29 is 4.79 Å². The first-order valence-corrected chi connectivity index (χ1v) is 10.8. The normalized spacial score (nSPS) is 14.2. The van der Waals surface area contributed by atoms with Gasteiger partial charge in [0, 0.05) is 29.4 Å². The van der Waals surface area contributed by atoms with Crippen LogP contribution in [0, 0.1) is 0 Å². The zero-order valence-electron chi connectivity index (χ0n) is 15.4. The molecule has 1 aliphatic rings. The van der Waals surface area contributed by atoms with E-state index in [-0.39, 0.29) is 5.91 Å². The van der Waals surface area contributed by atoms with Crippen molar-refractivity contribution in [3.8, 4) is 17.1 Å². The van der Waals surface area contributed by atoms with Gasteiger partial charge in [-0.1, -0.05) is 53.7 Å². The van der Waals surface area contributed by atoms with Gasteiger partial charge in [0.15, 0.2) is 11.0 Å². The number of likely N-dealkylation sites (tertiary alicyclic amines) is 1. The van der Waals surface area contributed by atoms with E-state index in [0.29, 0.717) is 15.9 Å². The largest absolute Gasteiger partial charge is 0.342 e. The number of aromatic nitrogens is 3. The molecule has 4 rings (SSSR count). The smallest absolute Gasteiger partial charge is 0.233 e. The number of halogens is 1. The van der Waals surface area contributed by atoms with E-state index in [9.17, 15) is 4.79 Å². The molecule has 1 aliphatic heterocycles. The summed E-state index contributed by atoms with van der Waals surface area (Å²) >= 11 is 7.49. The zero-order chi connectivity index (χ0) is 19.3. The second-order valence-electron chi connectivity index (χ2n) is 6.71. The summed E-state index contributed by atoms with van der Waals surface area (Å²) < 4.78 is 1.99. The van der Waals surface area contributed by atoms with Crippen LogP contribution < -0.4 is 0 Å². The van der Waals surface area contributed by atoms with Gasteiger partial charge in [0.1, 0.15) is 0 Å². The lowest BCUT2D eigenvalue weighted by Gasteiger charge is -2.26. The molecule has 7 heteroatoms. The summed E-state index contributed by atoms with van der Waals surface area (Å²) in [6, 6.07) is 17.5. The summed E-state index contributed by atoms with van der Waals surface area (Å²) in [7, 11) is 0. The highest BCUT2D eigenvalue weighted by Crippen LogP contribution is 2.29. The predicted octanol–water partition coefficient (Wildman–Crippen LogP) is 4.69. The van der Waals surface area contributed by atoms with E-state index >= 15 is 0 Å². The fourth-order valence-electron chi connectivity index (χ4n) is 3.32. The van der Waals surface area contributed by atoms with Gasteiger partial charge in [0.25, 0.3) is 0 Å². The van der Waals surface area contributed by atoms with E-state index in [2.05, 4.69) is 10.2 Å². The maximum absolute atomic E-state index is 12.6. The van der Waals surface area contributed by atoms with Crippen LogP contribution in [0.4, 0.5) is 0 Å². The number of hydrogen-bond acceptors (Lipinski definition) is 4. The quantitative estimate of drug-likeness (QED) is 0.570. The number of thioether (sulfide) groups is 1. The van der Waals surface area contributed by atoms with Crippen molar-refractivity contribution in [1.82, 2.24) is 19.7 Å². The van der Waals surface area contributed by atoms with E-state index in [1.165, 1.54) is 18.2 Å².